The molecule has 0 saturated carbocycles. The van der Waals surface area contributed by atoms with Gasteiger partial charge < -0.3 is 9.84 Å². The Labute approximate surface area is 139 Å². The van der Waals surface area contributed by atoms with Crippen LogP contribution in [0.25, 0.3) is 11.1 Å². The molecule has 0 atom stereocenters. The van der Waals surface area contributed by atoms with Crippen molar-refractivity contribution < 1.29 is 23.8 Å². The van der Waals surface area contributed by atoms with E-state index >= 15 is 0 Å². The summed E-state index contributed by atoms with van der Waals surface area (Å²) in [5.41, 5.74) is 0.642. The van der Waals surface area contributed by atoms with E-state index < -0.39 is 29.0 Å². The van der Waals surface area contributed by atoms with Crippen molar-refractivity contribution in [1.29, 1.82) is 0 Å². The number of ether oxygens (including phenoxy) is 1. The minimum atomic E-state index is -1.34. The second-order valence-electron chi connectivity index (χ2n) is 6.21. The highest BCUT2D eigenvalue weighted by atomic mass is 19.1. The number of halogens is 1. The van der Waals surface area contributed by atoms with Gasteiger partial charge in [0.2, 0.25) is 0 Å². The fourth-order valence-electron chi connectivity index (χ4n) is 2.07. The summed E-state index contributed by atoms with van der Waals surface area (Å²) >= 11 is 0. The highest BCUT2D eigenvalue weighted by molar-refractivity contribution is 5.90. The molecule has 1 amide bonds. The van der Waals surface area contributed by atoms with Crippen LogP contribution >= 0.6 is 0 Å². The molecule has 126 valence electrons. The molecule has 0 aromatic heterocycles. The van der Waals surface area contributed by atoms with Crippen LogP contribution in [0.3, 0.4) is 0 Å². The minimum absolute atomic E-state index is 0.405. The van der Waals surface area contributed by atoms with Gasteiger partial charge in [-0.3, -0.25) is 5.32 Å². The Hall–Kier alpha value is -2.89. The van der Waals surface area contributed by atoms with Crippen molar-refractivity contribution in [3.63, 3.8) is 0 Å². The Balaban J connectivity index is 2.26. The first kappa shape index (κ1) is 17.5. The topological polar surface area (TPSA) is 75.6 Å². The number of nitrogens with one attached hydrogen (secondary N) is 1. The predicted octanol–water partition coefficient (Wildman–Crippen LogP) is 4.54. The SMILES string of the molecule is CC(C)(C)OC(=O)Nc1cccc(-c2ccc(F)c(C(=O)O)c2)c1. The van der Waals surface area contributed by atoms with Crippen LogP contribution < -0.4 is 5.32 Å². The van der Waals surface area contributed by atoms with Crippen LogP contribution in [0.4, 0.5) is 14.9 Å². The van der Waals surface area contributed by atoms with Crippen LogP contribution in [-0.4, -0.2) is 22.8 Å². The molecule has 2 N–H and O–H groups in total. The molecule has 24 heavy (non-hydrogen) atoms. The van der Waals surface area contributed by atoms with Gasteiger partial charge in [-0.1, -0.05) is 18.2 Å². The second-order valence-corrected chi connectivity index (χ2v) is 6.21. The Kier molecular flexibility index (Phi) is 4.87. The van der Waals surface area contributed by atoms with E-state index in [0.29, 0.717) is 16.8 Å². The number of carbonyl (C=O) groups excluding carboxylic acids is 1. The lowest BCUT2D eigenvalue weighted by molar-refractivity contribution is 0.0634. The highest BCUT2D eigenvalue weighted by Gasteiger charge is 2.16. The van der Waals surface area contributed by atoms with Gasteiger partial charge in [-0.2, -0.15) is 0 Å². The molecular formula is C18H18FNO4. The van der Waals surface area contributed by atoms with Crippen LogP contribution in [0.1, 0.15) is 31.1 Å². The van der Waals surface area contributed by atoms with E-state index in [1.807, 2.05) is 0 Å². The van der Waals surface area contributed by atoms with E-state index in [4.69, 9.17) is 9.84 Å². The van der Waals surface area contributed by atoms with Gasteiger partial charge >= 0.3 is 12.1 Å². The largest absolute Gasteiger partial charge is 0.478 e. The van der Waals surface area contributed by atoms with Gasteiger partial charge in [0, 0.05) is 5.69 Å². The van der Waals surface area contributed by atoms with Gasteiger partial charge in [-0.15, -0.1) is 0 Å². The zero-order valence-electron chi connectivity index (χ0n) is 13.6. The molecule has 2 aromatic carbocycles. The molecule has 0 aliphatic rings. The highest BCUT2D eigenvalue weighted by Crippen LogP contribution is 2.25. The van der Waals surface area contributed by atoms with Crippen molar-refractivity contribution in [2.45, 2.75) is 26.4 Å². The molecule has 0 aliphatic carbocycles. The summed E-state index contributed by atoms with van der Waals surface area (Å²) in [4.78, 5) is 22.8. The number of amides is 1. The molecule has 0 radical (unpaired) electrons. The average molecular weight is 331 g/mol. The quantitative estimate of drug-likeness (QED) is 0.866. The van der Waals surface area contributed by atoms with Gasteiger partial charge in [0.1, 0.15) is 11.4 Å². The zero-order chi connectivity index (χ0) is 17.9. The summed E-state index contributed by atoms with van der Waals surface area (Å²) in [6.07, 6.45) is -0.593. The number of benzene rings is 2. The Bertz CT molecular complexity index is 781. The number of carbonyl (C=O) groups is 2. The summed E-state index contributed by atoms with van der Waals surface area (Å²) in [6.45, 7) is 5.28. The maximum Gasteiger partial charge on any atom is 0.412 e. The third kappa shape index (κ3) is 4.55. The van der Waals surface area contributed by atoms with Crippen LogP contribution in [0.5, 0.6) is 0 Å². The molecule has 0 spiro atoms. The number of carboxylic acids is 1. The van der Waals surface area contributed by atoms with Crippen molar-refractivity contribution in [3.05, 3.63) is 53.8 Å². The summed E-state index contributed by atoms with van der Waals surface area (Å²) < 4.78 is 18.7. The number of carboxylic acid groups (broad SMARTS) is 1. The average Bonchev–Trinajstić information content (AvgIpc) is 2.45. The second kappa shape index (κ2) is 6.70. The van der Waals surface area contributed by atoms with Crippen molar-refractivity contribution in [3.8, 4) is 11.1 Å². The Morgan fingerprint density at radius 3 is 2.38 bits per heavy atom. The number of anilines is 1. The van der Waals surface area contributed by atoms with Gasteiger partial charge in [0.15, 0.2) is 0 Å². The van der Waals surface area contributed by atoms with Crippen LogP contribution in [-0.2, 0) is 4.74 Å². The summed E-state index contributed by atoms with van der Waals surface area (Å²) in [5, 5.41) is 11.6. The molecule has 5 nitrogen and oxygen atoms in total. The smallest absolute Gasteiger partial charge is 0.412 e. The first-order chi connectivity index (χ1) is 11.2. The molecule has 0 saturated heterocycles. The lowest BCUT2D eigenvalue weighted by Gasteiger charge is -2.19. The van der Waals surface area contributed by atoms with Crippen molar-refractivity contribution in [1.82, 2.24) is 0 Å². The van der Waals surface area contributed by atoms with Crippen LogP contribution in [0.15, 0.2) is 42.5 Å². The first-order valence-electron chi connectivity index (χ1n) is 7.29. The van der Waals surface area contributed by atoms with Gasteiger partial charge in [0.05, 0.1) is 5.56 Å². The standard InChI is InChI=1S/C18H18FNO4/c1-18(2,3)24-17(23)20-13-6-4-5-11(9-13)12-7-8-15(19)14(10-12)16(21)22/h4-10H,1-3H3,(H,20,23)(H,21,22). The van der Waals surface area contributed by atoms with E-state index in [1.165, 1.54) is 12.1 Å². The molecule has 0 aliphatic heterocycles. The third-order valence-corrected chi connectivity index (χ3v) is 3.04. The monoisotopic (exact) mass is 331 g/mol. The van der Waals surface area contributed by atoms with E-state index in [1.54, 1.807) is 45.0 Å². The molecular weight excluding hydrogens is 313 g/mol. The summed E-state index contributed by atoms with van der Waals surface area (Å²) in [6, 6.07) is 10.6. The van der Waals surface area contributed by atoms with Crippen molar-refractivity contribution in [2.75, 3.05) is 5.32 Å². The lowest BCUT2D eigenvalue weighted by Crippen LogP contribution is -2.27. The fourth-order valence-corrected chi connectivity index (χ4v) is 2.07. The maximum absolute atomic E-state index is 13.5. The fraction of sp³-hybridized carbons (Fsp3) is 0.222. The Morgan fingerprint density at radius 1 is 1.08 bits per heavy atom. The number of rotatable bonds is 3. The molecule has 0 heterocycles. The van der Waals surface area contributed by atoms with Crippen LogP contribution in [0.2, 0.25) is 0 Å². The summed E-state index contributed by atoms with van der Waals surface area (Å²) in [5.74, 6) is -2.13. The number of aromatic carboxylic acids is 1. The molecule has 2 aromatic rings. The number of hydrogen-bond donors (Lipinski definition) is 2. The Morgan fingerprint density at radius 2 is 1.75 bits per heavy atom. The maximum atomic E-state index is 13.5. The lowest BCUT2D eigenvalue weighted by atomic mass is 10.0. The van der Waals surface area contributed by atoms with Crippen molar-refractivity contribution >= 4 is 17.7 Å². The number of hydrogen-bond acceptors (Lipinski definition) is 3. The van der Waals surface area contributed by atoms with Gasteiger partial charge in [0.25, 0.3) is 0 Å². The molecule has 2 rings (SSSR count). The molecule has 0 bridgehead atoms. The van der Waals surface area contributed by atoms with Crippen molar-refractivity contribution in [2.24, 2.45) is 0 Å². The molecule has 0 fully saturated rings. The van der Waals surface area contributed by atoms with Crippen LogP contribution in [0, 0.1) is 5.82 Å². The normalized spacial score (nSPS) is 11.0. The van der Waals surface area contributed by atoms with E-state index in [0.717, 1.165) is 6.07 Å². The van der Waals surface area contributed by atoms with Gasteiger partial charge in [-0.05, 0) is 56.2 Å². The zero-order valence-corrected chi connectivity index (χ0v) is 13.6. The summed E-state index contributed by atoms with van der Waals surface area (Å²) in [7, 11) is 0. The van der Waals surface area contributed by atoms with Gasteiger partial charge in [-0.25, -0.2) is 14.0 Å². The van der Waals surface area contributed by atoms with E-state index in [2.05, 4.69) is 5.32 Å². The molecule has 6 heteroatoms. The van der Waals surface area contributed by atoms with E-state index in [-0.39, 0.29) is 0 Å². The first-order valence-corrected chi connectivity index (χ1v) is 7.29. The molecule has 0 unspecified atom stereocenters. The minimum Gasteiger partial charge on any atom is -0.478 e. The predicted molar refractivity (Wildman–Crippen MR) is 88.7 cm³/mol. The third-order valence-electron chi connectivity index (χ3n) is 3.04. The van der Waals surface area contributed by atoms with E-state index in [9.17, 15) is 14.0 Å².